The van der Waals surface area contributed by atoms with E-state index >= 15 is 0 Å². The van der Waals surface area contributed by atoms with Gasteiger partial charge in [-0.15, -0.1) is 0 Å². The summed E-state index contributed by atoms with van der Waals surface area (Å²) in [4.78, 5) is 67.0. The number of aryl methyl sites for hydroxylation is 2. The molecule has 1 fully saturated rings. The van der Waals surface area contributed by atoms with E-state index in [4.69, 9.17) is 14.2 Å². The molecule has 0 radical (unpaired) electrons. The summed E-state index contributed by atoms with van der Waals surface area (Å²) in [5, 5.41) is 0. The van der Waals surface area contributed by atoms with Crippen molar-refractivity contribution in [3.63, 3.8) is 0 Å². The molecule has 55 heavy (non-hydrogen) atoms. The number of hydrogen-bond acceptors (Lipinski definition) is 9. The molecule has 0 aliphatic carbocycles. The van der Waals surface area contributed by atoms with Gasteiger partial charge in [-0.2, -0.15) is 26.3 Å². The predicted molar refractivity (Wildman–Crippen MR) is 196 cm³/mol. The fourth-order valence-electron chi connectivity index (χ4n) is 7.98. The van der Waals surface area contributed by atoms with Gasteiger partial charge in [-0.05, 0) is 122 Å². The molecule has 2 aromatic rings. The first-order valence-corrected chi connectivity index (χ1v) is 19.1. The van der Waals surface area contributed by atoms with Crippen molar-refractivity contribution in [2.75, 3.05) is 26.3 Å². The van der Waals surface area contributed by atoms with E-state index < -0.39 is 82.9 Å². The van der Waals surface area contributed by atoms with Crippen molar-refractivity contribution in [1.29, 1.82) is 0 Å². The number of rotatable bonds is 6. The number of hydrogen-bond donors (Lipinski definition) is 0. The average molecular weight is 893 g/mol. The summed E-state index contributed by atoms with van der Waals surface area (Å²) in [7, 11) is 0. The SMILES string of the molecule is CCOC(=O)C1=C(C)C2=C(c3c(C)cc(OC(C)=O)cc3C)c3c(C)c(C(=O)OCC)c(C)n3[B-]3(N(C(=O)C(F)(F)F)CCN3C(=O)C(F)(F)F)N2I=C1C. The van der Waals surface area contributed by atoms with Crippen LogP contribution in [0.5, 0.6) is 5.75 Å². The molecular weight excluding hydrogens is 856 g/mol. The molecule has 1 aromatic heterocycles. The number of fused-ring (bicyclic) bond motifs is 4. The number of halogens is 7. The number of aromatic nitrogens is 1. The first-order chi connectivity index (χ1) is 25.5. The second-order valence-electron chi connectivity index (χ2n) is 13.1. The van der Waals surface area contributed by atoms with Crippen molar-refractivity contribution < 1.29 is 64.5 Å². The zero-order chi connectivity index (χ0) is 41.3. The smallest absolute Gasteiger partial charge is 0.462 e. The van der Waals surface area contributed by atoms with E-state index in [2.05, 4.69) is 0 Å². The van der Waals surface area contributed by atoms with E-state index in [0.717, 1.165) is 4.48 Å². The minimum absolute atomic E-state index is 0.0246. The number of allylic oxidation sites excluding steroid dienone is 1. The van der Waals surface area contributed by atoms with Gasteiger partial charge >= 0.3 is 36.9 Å². The van der Waals surface area contributed by atoms with Crippen LogP contribution in [0.25, 0.3) is 5.57 Å². The molecule has 1 aromatic carbocycles. The average Bonchev–Trinajstić information content (AvgIpc) is 3.55. The fourth-order valence-corrected chi connectivity index (χ4v) is 11.7. The van der Waals surface area contributed by atoms with Crippen LogP contribution >= 0.6 is 21.0 Å². The van der Waals surface area contributed by atoms with Gasteiger partial charge in [0.1, 0.15) is 5.75 Å². The number of esters is 3. The second kappa shape index (κ2) is 14.5. The third-order valence-corrected chi connectivity index (χ3v) is 12.7. The summed E-state index contributed by atoms with van der Waals surface area (Å²) in [6.07, 6.45) is -11.2. The lowest BCUT2D eigenvalue weighted by molar-refractivity contribution is -0.182. The van der Waals surface area contributed by atoms with E-state index in [1.54, 1.807) is 20.8 Å². The van der Waals surface area contributed by atoms with Gasteiger partial charge < -0.3 is 31.3 Å². The summed E-state index contributed by atoms with van der Waals surface area (Å²) in [6.45, 7) is 6.96. The highest BCUT2D eigenvalue weighted by molar-refractivity contribution is 14.2. The Labute approximate surface area is 322 Å². The molecule has 12 nitrogen and oxygen atoms in total. The minimum Gasteiger partial charge on any atom is -0.462 e. The Hall–Kier alpha value is -4.63. The summed E-state index contributed by atoms with van der Waals surface area (Å²) in [5.41, 5.74) is 1.04. The van der Waals surface area contributed by atoms with Crippen LogP contribution in [-0.2, 0) is 28.7 Å². The lowest BCUT2D eigenvalue weighted by atomic mass is 9.65. The van der Waals surface area contributed by atoms with Gasteiger partial charge in [0.2, 0.25) is 0 Å². The van der Waals surface area contributed by atoms with Crippen molar-refractivity contribution in [1.82, 2.24) is 17.1 Å². The van der Waals surface area contributed by atoms with Gasteiger partial charge in [0.25, 0.3) is 11.8 Å². The molecule has 5 rings (SSSR count). The zero-order valence-electron chi connectivity index (χ0n) is 31.3. The number of nitrogens with zero attached hydrogens (tertiary/aromatic N) is 4. The van der Waals surface area contributed by atoms with E-state index in [9.17, 15) is 50.3 Å². The molecule has 20 heteroatoms. The lowest BCUT2D eigenvalue weighted by Gasteiger charge is -2.62. The van der Waals surface area contributed by atoms with E-state index in [0.29, 0.717) is 16.7 Å². The van der Waals surface area contributed by atoms with Crippen molar-refractivity contribution in [2.24, 2.45) is 0 Å². The van der Waals surface area contributed by atoms with Crippen LogP contribution in [0.4, 0.5) is 26.3 Å². The number of amides is 2. The van der Waals surface area contributed by atoms with Gasteiger partial charge in [-0.25, -0.2) is 9.59 Å². The van der Waals surface area contributed by atoms with Crippen molar-refractivity contribution in [3.8, 4) is 5.75 Å². The van der Waals surface area contributed by atoms with Gasteiger partial charge in [-0.1, -0.05) is 0 Å². The van der Waals surface area contributed by atoms with Gasteiger partial charge in [0.05, 0.1) is 24.4 Å². The number of alkyl halides is 6. The summed E-state index contributed by atoms with van der Waals surface area (Å²) in [5.74, 6) is -7.28. The first-order valence-electron chi connectivity index (χ1n) is 17.0. The van der Waals surface area contributed by atoms with Gasteiger partial charge in [-0.3, -0.25) is 14.4 Å². The maximum absolute atomic E-state index is 14.7. The molecule has 3 aliphatic rings. The molecule has 0 saturated carbocycles. The number of carbonyl (C=O) groups excluding carboxylic acids is 5. The topological polar surface area (TPSA) is 128 Å². The van der Waals surface area contributed by atoms with Crippen molar-refractivity contribution in [2.45, 2.75) is 74.7 Å². The number of ether oxygens (including phenoxy) is 3. The normalized spacial score (nSPS) is 16.8. The van der Waals surface area contributed by atoms with Crippen LogP contribution in [-0.4, -0.2) is 95.7 Å². The Morgan fingerprint density at radius 1 is 0.800 bits per heavy atom. The van der Waals surface area contributed by atoms with Crippen LogP contribution in [0.15, 0.2) is 29.0 Å². The number of carbonyl (C=O) groups is 5. The summed E-state index contributed by atoms with van der Waals surface area (Å²) >= 11 is -2.05. The summed E-state index contributed by atoms with van der Waals surface area (Å²) < 4.78 is 107. The Bertz CT molecular complexity index is 2100. The standard InChI is InChI=1S/C35H37BF6IN4O8/c1-10-53-30(49)25-18(5)29-27(24-16(3)14-23(15-17(24)4)55-22(9)48)28-19(6)26(31(50)54-11-2)21(8)46(28)36(47(29)43-20(25)7)44(32(51)34(37,38)39)12-13-45(36)33(52)35(40,41)42/h14-15H,10-13H2,1-9H3/q-1. The second-order valence-corrected chi connectivity index (χ2v) is 16.2. The number of benzene rings is 1. The Balaban J connectivity index is 2.13. The molecule has 4 heterocycles. The highest BCUT2D eigenvalue weighted by atomic mass is 127. The molecule has 2 amide bonds. The maximum Gasteiger partial charge on any atom is 0.467 e. The molecule has 0 bridgehead atoms. The summed E-state index contributed by atoms with van der Waals surface area (Å²) in [6, 6.07) is 3.02. The lowest BCUT2D eigenvalue weighted by Crippen LogP contribution is -2.78. The molecular formula is C35H37BF6IN4O8-. The van der Waals surface area contributed by atoms with E-state index in [1.165, 1.54) is 56.7 Å². The van der Waals surface area contributed by atoms with Crippen LogP contribution in [0.3, 0.4) is 0 Å². The maximum atomic E-state index is 14.7. The third kappa shape index (κ3) is 6.52. The molecule has 0 N–H and O–H groups in total. The Morgan fingerprint density at radius 2 is 1.29 bits per heavy atom. The van der Waals surface area contributed by atoms with Crippen molar-refractivity contribution in [3.05, 3.63) is 68.2 Å². The minimum atomic E-state index is -5.62. The molecule has 1 spiro atoms. The molecule has 0 unspecified atom stereocenters. The molecule has 3 aliphatic heterocycles. The predicted octanol–water partition coefficient (Wildman–Crippen LogP) is 5.95. The largest absolute Gasteiger partial charge is 0.467 e. The van der Waals surface area contributed by atoms with Crippen molar-refractivity contribution >= 4 is 66.5 Å². The molecule has 0 atom stereocenters. The van der Waals surface area contributed by atoms with Crippen LogP contribution in [0.2, 0.25) is 0 Å². The third-order valence-electron chi connectivity index (χ3n) is 9.73. The molecule has 298 valence electrons. The fraction of sp³-hybridized carbons (Fsp3) is 0.429. The van der Waals surface area contributed by atoms with Crippen LogP contribution < -0.4 is 4.74 Å². The zero-order valence-corrected chi connectivity index (χ0v) is 33.4. The Kier molecular flexibility index (Phi) is 10.9. The quantitative estimate of drug-likeness (QED) is 0.0864. The highest BCUT2D eigenvalue weighted by Crippen LogP contribution is 2.54. The molecule has 1 saturated heterocycles. The van der Waals surface area contributed by atoms with E-state index in [-0.39, 0.29) is 77.0 Å². The van der Waals surface area contributed by atoms with Crippen LogP contribution in [0, 0.1) is 27.7 Å². The van der Waals surface area contributed by atoms with E-state index in [1.807, 2.05) is 0 Å². The van der Waals surface area contributed by atoms with Crippen LogP contribution in [0.1, 0.15) is 78.6 Å². The van der Waals surface area contributed by atoms with Gasteiger partial charge in [0, 0.05) is 40.5 Å². The highest BCUT2D eigenvalue weighted by Gasteiger charge is 2.64. The monoisotopic (exact) mass is 893 g/mol. The van der Waals surface area contributed by atoms with Gasteiger partial charge in [0.15, 0.2) is 0 Å². The Morgan fingerprint density at radius 3 is 1.75 bits per heavy atom. The first kappa shape index (κ1) is 41.5.